The molecule has 0 radical (unpaired) electrons. The zero-order valence-electron chi connectivity index (χ0n) is 19.3. The molecule has 2 unspecified atom stereocenters. The van der Waals surface area contributed by atoms with Gasteiger partial charge in [0.05, 0.1) is 29.8 Å². The van der Waals surface area contributed by atoms with E-state index < -0.39 is 30.3 Å². The van der Waals surface area contributed by atoms with Gasteiger partial charge in [0, 0.05) is 11.6 Å². The van der Waals surface area contributed by atoms with Gasteiger partial charge < -0.3 is 19.7 Å². The molecule has 2 atom stereocenters. The molecule has 2 aromatic carbocycles. The molecule has 1 aromatic heterocycles. The number of aliphatic hydroxyl groups is 1. The Morgan fingerprint density at radius 3 is 2.64 bits per heavy atom. The number of carboxylic acid groups (broad SMARTS) is 1. The van der Waals surface area contributed by atoms with Crippen LogP contribution in [0.15, 0.2) is 36.5 Å². The van der Waals surface area contributed by atoms with Gasteiger partial charge in [-0.15, -0.1) is 13.2 Å². The molecule has 0 aliphatic heterocycles. The minimum absolute atomic E-state index is 0.00334. The fraction of sp³-hybridized carbons (Fsp3) is 0.400. The lowest BCUT2D eigenvalue weighted by Crippen LogP contribution is -2.31. The first kappa shape index (κ1) is 25.5. The average Bonchev–Trinajstić information content (AvgIpc) is 3.47. The lowest BCUT2D eigenvalue weighted by Gasteiger charge is -2.27. The number of aryl methyl sites for hydroxylation is 1. The van der Waals surface area contributed by atoms with E-state index in [1.54, 1.807) is 6.20 Å². The molecule has 8 nitrogen and oxygen atoms in total. The molecular weight excluding hydrogens is 479 g/mol. The Kier molecular flexibility index (Phi) is 7.19. The van der Waals surface area contributed by atoms with Crippen LogP contribution < -0.4 is 4.74 Å². The van der Waals surface area contributed by atoms with E-state index in [0.29, 0.717) is 5.39 Å². The van der Waals surface area contributed by atoms with Crippen molar-refractivity contribution in [1.82, 2.24) is 9.78 Å². The average molecular weight is 503 g/mol. The predicted molar refractivity (Wildman–Crippen MR) is 121 cm³/mol. The van der Waals surface area contributed by atoms with E-state index in [4.69, 9.17) is 4.74 Å². The summed E-state index contributed by atoms with van der Waals surface area (Å²) in [5.74, 6) is -1.66. The van der Waals surface area contributed by atoms with Crippen LogP contribution in [0.1, 0.15) is 58.8 Å². The minimum Gasteiger partial charge on any atom is -0.478 e. The number of ether oxygens (including phenoxy) is 2. The quantitative estimate of drug-likeness (QED) is 0.450. The summed E-state index contributed by atoms with van der Waals surface area (Å²) < 4.78 is 50.2. The van der Waals surface area contributed by atoms with Gasteiger partial charge in [0.25, 0.3) is 0 Å². The number of fused-ring (bicyclic) bond motifs is 1. The predicted octanol–water partition coefficient (Wildman–Crippen LogP) is 4.87. The number of alkyl halides is 3. The summed E-state index contributed by atoms with van der Waals surface area (Å²) in [6, 6.07) is 8.74. The molecule has 1 heterocycles. The van der Waals surface area contributed by atoms with Crippen molar-refractivity contribution >= 4 is 16.9 Å². The van der Waals surface area contributed by atoms with Crippen molar-refractivity contribution in [3.05, 3.63) is 58.8 Å². The summed E-state index contributed by atoms with van der Waals surface area (Å²) >= 11 is 0. The highest BCUT2D eigenvalue weighted by Gasteiger charge is 2.33. The highest BCUT2D eigenvalue weighted by molar-refractivity contribution is 6.02. The van der Waals surface area contributed by atoms with Gasteiger partial charge in [0.2, 0.25) is 0 Å². The topological polar surface area (TPSA) is 118 Å². The van der Waals surface area contributed by atoms with Gasteiger partial charge in [-0.3, -0.25) is 4.68 Å². The highest BCUT2D eigenvalue weighted by atomic mass is 19.4. The normalized spacial score (nSPS) is 16.1. The summed E-state index contributed by atoms with van der Waals surface area (Å²) in [7, 11) is 0. The zero-order chi connectivity index (χ0) is 26.0. The van der Waals surface area contributed by atoms with Gasteiger partial charge in [0.1, 0.15) is 23.5 Å². The van der Waals surface area contributed by atoms with Crippen molar-refractivity contribution in [2.75, 3.05) is 0 Å². The van der Waals surface area contributed by atoms with Crippen molar-refractivity contribution < 1.29 is 37.7 Å². The van der Waals surface area contributed by atoms with Crippen LogP contribution in [0.25, 0.3) is 10.9 Å². The lowest BCUT2D eigenvalue weighted by atomic mass is 10.0. The Morgan fingerprint density at radius 1 is 1.28 bits per heavy atom. The maximum Gasteiger partial charge on any atom is 0.573 e. The number of hydrogen-bond donors (Lipinski definition) is 2. The Balaban J connectivity index is 1.67. The summed E-state index contributed by atoms with van der Waals surface area (Å²) in [5.41, 5.74) is 0.632. The van der Waals surface area contributed by atoms with E-state index in [2.05, 4.69) is 9.84 Å². The zero-order valence-corrected chi connectivity index (χ0v) is 19.3. The molecule has 1 aliphatic rings. The smallest absolute Gasteiger partial charge is 0.478 e. The Bertz CT molecular complexity index is 1310. The van der Waals surface area contributed by atoms with Crippen LogP contribution >= 0.6 is 0 Å². The van der Waals surface area contributed by atoms with Crippen LogP contribution in [0.5, 0.6) is 5.75 Å². The van der Waals surface area contributed by atoms with Crippen LogP contribution in [0.2, 0.25) is 0 Å². The van der Waals surface area contributed by atoms with Gasteiger partial charge in [-0.1, -0.05) is 25.0 Å². The molecule has 0 saturated heterocycles. The number of carbonyl (C=O) groups is 1. The number of rotatable bonds is 8. The second-order valence-corrected chi connectivity index (χ2v) is 8.83. The monoisotopic (exact) mass is 503 g/mol. The van der Waals surface area contributed by atoms with E-state index in [1.807, 2.05) is 6.07 Å². The van der Waals surface area contributed by atoms with Gasteiger partial charge in [-0.05, 0) is 49.1 Å². The first-order valence-electron chi connectivity index (χ1n) is 11.4. The third-order valence-corrected chi connectivity index (χ3v) is 6.18. The van der Waals surface area contributed by atoms with E-state index in [-0.39, 0.29) is 40.4 Å². The summed E-state index contributed by atoms with van der Waals surface area (Å²) in [5, 5.41) is 34.7. The van der Waals surface area contributed by atoms with Crippen molar-refractivity contribution in [2.45, 2.75) is 63.8 Å². The number of aromatic carboxylic acids is 1. The molecular formula is C25H24F3N3O5. The molecule has 190 valence electrons. The van der Waals surface area contributed by atoms with Crippen LogP contribution in [0.3, 0.4) is 0 Å². The molecule has 3 aromatic rings. The molecule has 0 bridgehead atoms. The second kappa shape index (κ2) is 10.2. The van der Waals surface area contributed by atoms with Gasteiger partial charge in [-0.2, -0.15) is 10.4 Å². The highest BCUT2D eigenvalue weighted by Crippen LogP contribution is 2.33. The molecule has 11 heteroatoms. The number of nitriles is 1. The standard InChI is InChI=1S/C25H24F3N3O5/c1-14-6-7-16(10-20(14)36-25(26,27)28)23(32)21(35-18-4-2-3-5-18)13-31-12-17-8-15(11-29)9-19(24(33)34)22(17)30-31/h6-10,12,18,21,23,32H,2-5,13H2,1H3,(H,33,34). The number of benzene rings is 2. The number of halogens is 3. The first-order chi connectivity index (χ1) is 17.0. The summed E-state index contributed by atoms with van der Waals surface area (Å²) in [4.78, 5) is 11.7. The van der Waals surface area contributed by atoms with Crippen LogP contribution in [0, 0.1) is 18.3 Å². The maximum atomic E-state index is 12.8. The Labute approximate surface area is 204 Å². The van der Waals surface area contributed by atoms with E-state index in [9.17, 15) is 33.4 Å². The van der Waals surface area contributed by atoms with Crippen LogP contribution in [-0.2, 0) is 11.3 Å². The first-order valence-corrected chi connectivity index (χ1v) is 11.4. The minimum atomic E-state index is -4.88. The number of hydrogen-bond acceptors (Lipinski definition) is 6. The van der Waals surface area contributed by atoms with E-state index >= 15 is 0 Å². The van der Waals surface area contributed by atoms with Gasteiger partial charge >= 0.3 is 12.3 Å². The van der Waals surface area contributed by atoms with E-state index in [1.165, 1.54) is 35.9 Å². The Hall–Kier alpha value is -3.62. The number of carboxylic acids is 1. The van der Waals surface area contributed by atoms with Crippen LogP contribution in [0.4, 0.5) is 13.2 Å². The molecule has 36 heavy (non-hydrogen) atoms. The molecule has 0 spiro atoms. The molecule has 1 fully saturated rings. The summed E-state index contributed by atoms with van der Waals surface area (Å²) in [6.45, 7) is 1.46. The van der Waals surface area contributed by atoms with Crippen molar-refractivity contribution in [2.24, 2.45) is 0 Å². The molecule has 1 aliphatic carbocycles. The third kappa shape index (κ3) is 5.78. The van der Waals surface area contributed by atoms with Crippen molar-refractivity contribution in [3.63, 3.8) is 0 Å². The third-order valence-electron chi connectivity index (χ3n) is 6.18. The second-order valence-electron chi connectivity index (χ2n) is 8.83. The van der Waals surface area contributed by atoms with E-state index in [0.717, 1.165) is 31.7 Å². The van der Waals surface area contributed by atoms with Crippen molar-refractivity contribution in [1.29, 1.82) is 5.26 Å². The van der Waals surface area contributed by atoms with Gasteiger partial charge in [-0.25, -0.2) is 4.79 Å². The SMILES string of the molecule is Cc1ccc(C(O)C(Cn2cc3cc(C#N)cc(C(=O)O)c3n2)OC2CCCC2)cc1OC(F)(F)F. The fourth-order valence-corrected chi connectivity index (χ4v) is 4.43. The van der Waals surface area contributed by atoms with Crippen LogP contribution in [-0.4, -0.2) is 44.5 Å². The molecule has 1 saturated carbocycles. The molecule has 4 rings (SSSR count). The molecule has 0 amide bonds. The Morgan fingerprint density at radius 2 is 2.00 bits per heavy atom. The molecule has 2 N–H and O–H groups in total. The number of aromatic nitrogens is 2. The van der Waals surface area contributed by atoms with Gasteiger partial charge in [0.15, 0.2) is 0 Å². The summed E-state index contributed by atoms with van der Waals surface area (Å²) in [6.07, 6.45) is -2.18. The lowest BCUT2D eigenvalue weighted by molar-refractivity contribution is -0.274. The van der Waals surface area contributed by atoms with Crippen molar-refractivity contribution in [3.8, 4) is 11.8 Å². The fourth-order valence-electron chi connectivity index (χ4n) is 4.43. The number of aliphatic hydroxyl groups excluding tert-OH is 1. The largest absolute Gasteiger partial charge is 0.573 e. The maximum absolute atomic E-state index is 12.8. The number of nitrogens with zero attached hydrogens (tertiary/aromatic N) is 3.